The number of anilines is 1. The number of aryl methyl sites for hydroxylation is 1. The van der Waals surface area contributed by atoms with E-state index in [1.54, 1.807) is 0 Å². The first-order valence-corrected chi connectivity index (χ1v) is 8.88. The maximum atomic E-state index is 12.5. The fourth-order valence-corrected chi connectivity index (χ4v) is 3.64. The molecule has 2 aromatic rings. The van der Waals surface area contributed by atoms with Gasteiger partial charge in [0.2, 0.25) is 0 Å². The fraction of sp³-hybridized carbons (Fsp3) is 0.273. The van der Waals surface area contributed by atoms with Crippen molar-refractivity contribution in [2.45, 2.75) is 13.3 Å². The average molecular weight is 344 g/mol. The smallest absolute Gasteiger partial charge is 0.178 e. The van der Waals surface area contributed by atoms with Crippen molar-refractivity contribution in [3.05, 3.63) is 70.3 Å². The van der Waals surface area contributed by atoms with Gasteiger partial charge in [0.1, 0.15) is 11.6 Å². The molecule has 0 atom stereocenters. The number of fused-ring (bicyclic) bond motifs is 1. The third-order valence-corrected chi connectivity index (χ3v) is 5.07. The monoisotopic (exact) mass is 344 g/mol. The van der Waals surface area contributed by atoms with Crippen molar-refractivity contribution in [1.82, 2.24) is 0 Å². The number of hydrogen-bond acceptors (Lipinski definition) is 4. The number of ether oxygens (including phenoxy) is 1. The van der Waals surface area contributed by atoms with Crippen molar-refractivity contribution in [3.63, 3.8) is 0 Å². The molecule has 26 heavy (non-hydrogen) atoms. The van der Waals surface area contributed by atoms with E-state index < -0.39 is 0 Å². The van der Waals surface area contributed by atoms with E-state index in [9.17, 15) is 10.1 Å². The van der Waals surface area contributed by atoms with Crippen molar-refractivity contribution in [1.29, 1.82) is 5.26 Å². The van der Waals surface area contributed by atoms with Crippen molar-refractivity contribution >= 4 is 17.0 Å². The molecule has 0 N–H and O–H groups in total. The van der Waals surface area contributed by atoms with Gasteiger partial charge in [0.25, 0.3) is 0 Å². The van der Waals surface area contributed by atoms with Crippen LogP contribution in [0.1, 0.15) is 22.3 Å². The summed E-state index contributed by atoms with van der Waals surface area (Å²) in [5, 5.41) is 9.64. The number of carbonyl (C=O) groups excluding carboxylic acids is 1. The molecule has 1 saturated heterocycles. The molecule has 4 heteroatoms. The molecule has 1 aliphatic carbocycles. The Kier molecular flexibility index (Phi) is 4.32. The highest BCUT2D eigenvalue weighted by molar-refractivity contribution is 6.13. The lowest BCUT2D eigenvalue weighted by atomic mass is 9.81. The minimum Gasteiger partial charge on any atom is -0.378 e. The first-order chi connectivity index (χ1) is 12.7. The Labute approximate surface area is 153 Å². The molecular weight excluding hydrogens is 324 g/mol. The Hall–Kier alpha value is -2.90. The second-order valence-corrected chi connectivity index (χ2v) is 6.77. The van der Waals surface area contributed by atoms with Crippen molar-refractivity contribution < 1.29 is 9.53 Å². The largest absolute Gasteiger partial charge is 0.378 e. The fourth-order valence-electron chi connectivity index (χ4n) is 3.64. The van der Waals surface area contributed by atoms with Gasteiger partial charge in [-0.1, -0.05) is 35.9 Å². The molecule has 0 bridgehead atoms. The van der Waals surface area contributed by atoms with Gasteiger partial charge in [-0.3, -0.25) is 4.79 Å². The SMILES string of the molecule is Cc1ccc(C2=C(C#N)C(=O)Cc3ccc(N4CCOCC4)cc32)cc1. The predicted octanol–water partition coefficient (Wildman–Crippen LogP) is 3.28. The highest BCUT2D eigenvalue weighted by atomic mass is 16.5. The van der Waals surface area contributed by atoms with Crippen molar-refractivity contribution in [2.75, 3.05) is 31.2 Å². The highest BCUT2D eigenvalue weighted by Crippen LogP contribution is 2.37. The number of benzene rings is 2. The van der Waals surface area contributed by atoms with E-state index in [2.05, 4.69) is 23.1 Å². The average Bonchev–Trinajstić information content (AvgIpc) is 2.68. The Morgan fingerprint density at radius 2 is 1.81 bits per heavy atom. The molecule has 0 spiro atoms. The van der Waals surface area contributed by atoms with Crippen LogP contribution in [0.2, 0.25) is 0 Å². The molecule has 1 aliphatic heterocycles. The zero-order valence-electron chi connectivity index (χ0n) is 14.8. The van der Waals surface area contributed by atoms with E-state index in [4.69, 9.17) is 4.74 Å². The minimum absolute atomic E-state index is 0.102. The lowest BCUT2D eigenvalue weighted by molar-refractivity contribution is -0.114. The highest BCUT2D eigenvalue weighted by Gasteiger charge is 2.27. The van der Waals surface area contributed by atoms with E-state index >= 15 is 0 Å². The minimum atomic E-state index is -0.102. The molecule has 2 aliphatic rings. The molecular formula is C22H20N2O2. The summed E-state index contributed by atoms with van der Waals surface area (Å²) in [4.78, 5) is 14.8. The zero-order chi connectivity index (χ0) is 18.1. The molecule has 1 fully saturated rings. The van der Waals surface area contributed by atoms with Gasteiger partial charge in [0, 0.05) is 30.8 Å². The summed E-state index contributed by atoms with van der Waals surface area (Å²) in [5.74, 6) is -0.102. The number of allylic oxidation sites excluding steroid dienone is 1. The lowest BCUT2D eigenvalue weighted by Gasteiger charge is -2.30. The van der Waals surface area contributed by atoms with Gasteiger partial charge in [-0.2, -0.15) is 5.26 Å². The van der Waals surface area contributed by atoms with Gasteiger partial charge in [-0.25, -0.2) is 0 Å². The van der Waals surface area contributed by atoms with E-state index in [1.807, 2.05) is 37.3 Å². The summed E-state index contributed by atoms with van der Waals surface area (Å²) in [7, 11) is 0. The summed E-state index contributed by atoms with van der Waals surface area (Å²) in [6, 6.07) is 16.4. The zero-order valence-corrected chi connectivity index (χ0v) is 14.8. The number of hydrogen-bond donors (Lipinski definition) is 0. The topological polar surface area (TPSA) is 53.3 Å². The van der Waals surface area contributed by atoms with E-state index in [0.29, 0.717) is 0 Å². The van der Waals surface area contributed by atoms with Crippen LogP contribution in [0.25, 0.3) is 5.57 Å². The predicted molar refractivity (Wildman–Crippen MR) is 101 cm³/mol. The van der Waals surface area contributed by atoms with Crippen LogP contribution < -0.4 is 4.90 Å². The number of rotatable bonds is 2. The maximum absolute atomic E-state index is 12.5. The Bertz CT molecular complexity index is 930. The first kappa shape index (κ1) is 16.6. The number of Topliss-reactive ketones (excluding diaryl/α,β-unsaturated/α-hetero) is 1. The van der Waals surface area contributed by atoms with Crippen LogP contribution in [0.5, 0.6) is 0 Å². The maximum Gasteiger partial charge on any atom is 0.178 e. The Morgan fingerprint density at radius 1 is 1.08 bits per heavy atom. The molecule has 2 aromatic carbocycles. The van der Waals surface area contributed by atoms with E-state index in [1.165, 1.54) is 0 Å². The molecule has 130 valence electrons. The third-order valence-electron chi connectivity index (χ3n) is 5.07. The molecule has 0 unspecified atom stereocenters. The van der Waals surface area contributed by atoms with Gasteiger partial charge in [0.15, 0.2) is 5.78 Å². The van der Waals surface area contributed by atoms with Gasteiger partial charge in [0.05, 0.1) is 13.2 Å². The summed E-state index contributed by atoms with van der Waals surface area (Å²) in [6.45, 7) is 5.18. The quantitative estimate of drug-likeness (QED) is 0.839. The first-order valence-electron chi connectivity index (χ1n) is 8.88. The summed E-state index contributed by atoms with van der Waals surface area (Å²) >= 11 is 0. The van der Waals surface area contributed by atoms with Crippen molar-refractivity contribution in [3.8, 4) is 6.07 Å². The number of nitriles is 1. The molecule has 0 radical (unpaired) electrons. The Balaban J connectivity index is 1.87. The molecule has 4 nitrogen and oxygen atoms in total. The normalized spacial score (nSPS) is 17.1. The number of ketones is 1. The van der Waals surface area contributed by atoms with Crippen LogP contribution in [0.4, 0.5) is 5.69 Å². The van der Waals surface area contributed by atoms with Crippen LogP contribution in [0.3, 0.4) is 0 Å². The standard InChI is InChI=1S/C22H20N2O2/c1-15-2-4-16(5-3-15)22-19-13-18(24-8-10-26-11-9-24)7-6-17(19)12-21(25)20(22)14-23/h2-7,13H,8-12H2,1H3. The van der Waals surface area contributed by atoms with E-state index in [0.717, 1.165) is 59.8 Å². The lowest BCUT2D eigenvalue weighted by Crippen LogP contribution is -2.36. The number of nitrogens with zero attached hydrogens (tertiary/aromatic N) is 2. The summed E-state index contributed by atoms with van der Waals surface area (Å²) in [6.07, 6.45) is 0.289. The molecule has 0 saturated carbocycles. The van der Waals surface area contributed by atoms with Gasteiger partial charge in [-0.05, 0) is 35.7 Å². The van der Waals surface area contributed by atoms with Gasteiger partial charge >= 0.3 is 0 Å². The van der Waals surface area contributed by atoms with Crippen LogP contribution in [-0.2, 0) is 16.0 Å². The number of carbonyl (C=O) groups is 1. The molecule has 4 rings (SSSR count). The molecule has 0 amide bonds. The van der Waals surface area contributed by atoms with Gasteiger partial charge in [-0.15, -0.1) is 0 Å². The second kappa shape index (κ2) is 6.78. The summed E-state index contributed by atoms with van der Waals surface area (Å²) < 4.78 is 5.45. The molecule has 1 heterocycles. The van der Waals surface area contributed by atoms with Gasteiger partial charge < -0.3 is 9.64 Å². The van der Waals surface area contributed by atoms with E-state index in [-0.39, 0.29) is 17.8 Å². The Morgan fingerprint density at radius 3 is 2.50 bits per heavy atom. The third kappa shape index (κ3) is 2.91. The summed E-state index contributed by atoms with van der Waals surface area (Å²) in [5.41, 5.74) is 6.19. The van der Waals surface area contributed by atoms with Crippen LogP contribution in [-0.4, -0.2) is 32.1 Å². The van der Waals surface area contributed by atoms with Crippen LogP contribution >= 0.6 is 0 Å². The van der Waals surface area contributed by atoms with Crippen molar-refractivity contribution in [2.24, 2.45) is 0 Å². The van der Waals surface area contributed by atoms with Crippen LogP contribution in [0, 0.1) is 18.3 Å². The molecule has 0 aromatic heterocycles. The second-order valence-electron chi connectivity index (χ2n) is 6.77. The van der Waals surface area contributed by atoms with Crippen LogP contribution in [0.15, 0.2) is 48.0 Å². The number of morpholine rings is 1.